The van der Waals surface area contributed by atoms with Crippen molar-refractivity contribution in [2.24, 2.45) is 11.5 Å². The molecule has 0 fully saturated rings. The summed E-state index contributed by atoms with van der Waals surface area (Å²) in [4.78, 5) is 12.2. The number of benzene rings is 2. The van der Waals surface area contributed by atoms with Gasteiger partial charge in [-0.05, 0) is 59.5 Å². The van der Waals surface area contributed by atoms with E-state index in [1.54, 1.807) is 6.92 Å². The molecule has 5 N–H and O–H groups in total. The van der Waals surface area contributed by atoms with Gasteiger partial charge in [0.25, 0.3) is 0 Å². The lowest BCUT2D eigenvalue weighted by Gasteiger charge is -2.21. The van der Waals surface area contributed by atoms with Crippen LogP contribution in [0.5, 0.6) is 0 Å². The molecule has 29 heavy (non-hydrogen) atoms. The van der Waals surface area contributed by atoms with E-state index in [1.807, 2.05) is 0 Å². The van der Waals surface area contributed by atoms with Crippen molar-refractivity contribution in [1.29, 1.82) is 0 Å². The highest BCUT2D eigenvalue weighted by atomic mass is 19.1. The number of rotatable bonds is 6. The van der Waals surface area contributed by atoms with Crippen molar-refractivity contribution in [3.05, 3.63) is 95.1 Å². The number of hydrogen-bond donors (Lipinski definition) is 3. The van der Waals surface area contributed by atoms with Gasteiger partial charge in [-0.3, -0.25) is 0 Å². The van der Waals surface area contributed by atoms with Gasteiger partial charge in [0.15, 0.2) is 0 Å². The predicted octanol–water partition coefficient (Wildman–Crippen LogP) is 3.73. The third kappa shape index (κ3) is 4.85. The number of aliphatic hydroxyl groups excluding tert-OH is 1. The van der Waals surface area contributed by atoms with Gasteiger partial charge in [-0.15, -0.1) is 0 Å². The van der Waals surface area contributed by atoms with Gasteiger partial charge < -0.3 is 16.6 Å². The summed E-state index contributed by atoms with van der Waals surface area (Å²) in [6.07, 6.45) is 2.49. The first-order valence-electron chi connectivity index (χ1n) is 8.44. The van der Waals surface area contributed by atoms with E-state index in [0.29, 0.717) is 27.2 Å². The van der Waals surface area contributed by atoms with Crippen LogP contribution in [0.3, 0.4) is 0 Å². The molecule has 0 saturated carbocycles. The Morgan fingerprint density at radius 3 is 2.28 bits per heavy atom. The predicted molar refractivity (Wildman–Crippen MR) is 106 cm³/mol. The van der Waals surface area contributed by atoms with Crippen LogP contribution in [0.2, 0.25) is 0 Å². The average molecular weight is 403 g/mol. The fourth-order valence-corrected chi connectivity index (χ4v) is 2.72. The van der Waals surface area contributed by atoms with Crippen LogP contribution in [0.25, 0.3) is 5.57 Å². The minimum absolute atomic E-state index is 0.293. The van der Waals surface area contributed by atoms with Gasteiger partial charge in [0, 0.05) is 0 Å². The summed E-state index contributed by atoms with van der Waals surface area (Å²) in [6.45, 7) is 5.11. The molecular formula is C21H20F3N3O2. The van der Waals surface area contributed by atoms with E-state index in [9.17, 15) is 23.1 Å². The molecule has 0 saturated heterocycles. The van der Waals surface area contributed by atoms with Crippen molar-refractivity contribution in [1.82, 2.24) is 0 Å². The molecule has 0 bridgehead atoms. The molecule has 5 nitrogen and oxygen atoms in total. The van der Waals surface area contributed by atoms with Crippen LogP contribution < -0.4 is 16.4 Å². The lowest BCUT2D eigenvalue weighted by molar-refractivity contribution is 0.255. The first kappa shape index (κ1) is 21.8. The number of aliphatic hydroxyl groups is 1. The topological polar surface area (TPSA) is 92.6 Å². The molecule has 0 heterocycles. The van der Waals surface area contributed by atoms with Crippen LogP contribution in [-0.2, 0) is 0 Å². The number of urea groups is 1. The first-order valence-corrected chi connectivity index (χ1v) is 8.44. The number of halogens is 3. The molecule has 152 valence electrons. The summed E-state index contributed by atoms with van der Waals surface area (Å²) in [5.41, 5.74) is 12.2. The number of nitrogens with two attached hydrogens (primary N) is 2. The zero-order valence-electron chi connectivity index (χ0n) is 15.6. The van der Waals surface area contributed by atoms with Crippen LogP contribution in [0, 0.1) is 24.4 Å². The largest absolute Gasteiger partial charge is 0.392 e. The Morgan fingerprint density at radius 1 is 1.14 bits per heavy atom. The highest BCUT2D eigenvalue weighted by Gasteiger charge is 2.23. The lowest BCUT2D eigenvalue weighted by Crippen LogP contribution is -2.39. The Kier molecular flexibility index (Phi) is 6.84. The maximum absolute atomic E-state index is 14.0. The monoisotopic (exact) mass is 403 g/mol. The number of primary amides is 1. The van der Waals surface area contributed by atoms with Crippen LogP contribution in [0.15, 0.2) is 66.5 Å². The summed E-state index contributed by atoms with van der Waals surface area (Å²) >= 11 is 0. The van der Waals surface area contributed by atoms with Crippen molar-refractivity contribution in [2.45, 2.75) is 6.92 Å². The molecule has 0 spiro atoms. The quantitative estimate of drug-likeness (QED) is 0.642. The summed E-state index contributed by atoms with van der Waals surface area (Å²) in [5, 5.41) is 9.67. The summed E-state index contributed by atoms with van der Waals surface area (Å²) in [6, 6.07) is 5.92. The zero-order valence-corrected chi connectivity index (χ0v) is 15.6. The molecule has 0 radical (unpaired) electrons. The number of aryl methyl sites for hydroxylation is 1. The molecule has 8 heteroatoms. The second kappa shape index (κ2) is 9.11. The molecule has 0 atom stereocenters. The van der Waals surface area contributed by atoms with Crippen molar-refractivity contribution in [2.75, 3.05) is 11.5 Å². The SMILES string of the molecule is C=C(/C(=C\C=C(/N)N(C(N)=O)c1c(F)cccc1F)CO)c1ccc(F)cc1C. The maximum Gasteiger partial charge on any atom is 0.325 e. The number of carbonyl (C=O) groups is 1. The van der Waals surface area contributed by atoms with E-state index in [2.05, 4.69) is 6.58 Å². The smallest absolute Gasteiger partial charge is 0.325 e. The molecule has 0 aliphatic rings. The summed E-state index contributed by atoms with van der Waals surface area (Å²) < 4.78 is 41.4. The maximum atomic E-state index is 14.0. The fourth-order valence-electron chi connectivity index (χ4n) is 2.72. The Balaban J connectivity index is 2.44. The van der Waals surface area contributed by atoms with Crippen molar-refractivity contribution >= 4 is 17.3 Å². The molecular weight excluding hydrogens is 383 g/mol. The average Bonchev–Trinajstić information content (AvgIpc) is 2.64. The number of carbonyl (C=O) groups excluding carboxylic acids is 1. The van der Waals surface area contributed by atoms with E-state index in [-0.39, 0.29) is 5.82 Å². The van der Waals surface area contributed by atoms with Crippen LogP contribution in [0.1, 0.15) is 11.1 Å². The molecule has 0 aliphatic heterocycles. The number of nitrogens with zero attached hydrogens (tertiary/aromatic N) is 1. The minimum Gasteiger partial charge on any atom is -0.392 e. The van der Waals surface area contributed by atoms with Gasteiger partial charge in [-0.2, -0.15) is 0 Å². The third-order valence-electron chi connectivity index (χ3n) is 4.17. The van der Waals surface area contributed by atoms with E-state index in [4.69, 9.17) is 11.5 Å². The minimum atomic E-state index is -1.20. The van der Waals surface area contributed by atoms with Crippen molar-refractivity contribution in [3.8, 4) is 0 Å². The van der Waals surface area contributed by atoms with E-state index in [1.165, 1.54) is 24.3 Å². The number of allylic oxidation sites excluding steroid dienone is 2. The van der Waals surface area contributed by atoms with Gasteiger partial charge in [-0.25, -0.2) is 22.9 Å². The molecule has 0 unspecified atom stereocenters. The summed E-state index contributed by atoms with van der Waals surface area (Å²) in [7, 11) is 0. The highest BCUT2D eigenvalue weighted by Crippen LogP contribution is 2.27. The standard InChI is InChI=1S/C21H20F3N3O2/c1-12-10-15(22)7-8-16(12)13(2)14(11-28)6-9-19(25)27(21(26)29)20-17(23)4-3-5-18(20)24/h3-10,28H,2,11,25H2,1H3,(H2,26,29)/b14-6-,19-9+. The van der Waals surface area contributed by atoms with Gasteiger partial charge in [0.2, 0.25) is 0 Å². The second-order valence-electron chi connectivity index (χ2n) is 6.12. The number of hydrogen-bond acceptors (Lipinski definition) is 3. The van der Waals surface area contributed by atoms with Gasteiger partial charge in [-0.1, -0.05) is 24.8 Å². The van der Waals surface area contributed by atoms with E-state index >= 15 is 0 Å². The van der Waals surface area contributed by atoms with Crippen molar-refractivity contribution in [3.63, 3.8) is 0 Å². The lowest BCUT2D eigenvalue weighted by atomic mass is 9.95. The van der Waals surface area contributed by atoms with Crippen LogP contribution in [-0.4, -0.2) is 17.7 Å². The van der Waals surface area contributed by atoms with Crippen LogP contribution in [0.4, 0.5) is 23.7 Å². The molecule has 0 aromatic heterocycles. The normalized spacial score (nSPS) is 12.0. The van der Waals surface area contributed by atoms with Crippen LogP contribution >= 0.6 is 0 Å². The number of amides is 2. The third-order valence-corrected chi connectivity index (χ3v) is 4.17. The molecule has 0 aliphatic carbocycles. The van der Waals surface area contributed by atoms with Gasteiger partial charge in [0.1, 0.15) is 29.0 Å². The molecule has 2 aromatic rings. The van der Waals surface area contributed by atoms with Gasteiger partial charge >= 0.3 is 6.03 Å². The van der Waals surface area contributed by atoms with E-state index < -0.39 is 35.8 Å². The zero-order chi connectivity index (χ0) is 21.7. The Bertz CT molecular complexity index is 996. The van der Waals surface area contributed by atoms with Crippen molar-refractivity contribution < 1.29 is 23.1 Å². The van der Waals surface area contributed by atoms with Gasteiger partial charge in [0.05, 0.1) is 6.61 Å². The summed E-state index contributed by atoms with van der Waals surface area (Å²) in [5.74, 6) is -2.85. The molecule has 2 rings (SSSR count). The molecule has 2 amide bonds. The number of para-hydroxylation sites is 1. The second-order valence-corrected chi connectivity index (χ2v) is 6.12. The Morgan fingerprint density at radius 2 is 1.76 bits per heavy atom. The number of anilines is 1. The first-order chi connectivity index (χ1) is 13.7. The fraction of sp³-hybridized carbons (Fsp3) is 0.0952. The molecule has 2 aromatic carbocycles. The van der Waals surface area contributed by atoms with E-state index in [0.717, 1.165) is 24.3 Å². The Hall–Kier alpha value is -3.52. The Labute approximate surface area is 166 Å². The highest BCUT2D eigenvalue weighted by molar-refractivity contribution is 5.94.